The summed E-state index contributed by atoms with van der Waals surface area (Å²) < 4.78 is 32.5. The average molecular weight is 420 g/mol. The molecular weight excluding hydrogens is 394 g/mol. The lowest BCUT2D eigenvalue weighted by molar-refractivity contribution is 0.0695. The van der Waals surface area contributed by atoms with Gasteiger partial charge in [0.25, 0.3) is 0 Å². The summed E-state index contributed by atoms with van der Waals surface area (Å²) >= 11 is 0. The normalized spacial score (nSPS) is 20.3. The zero-order chi connectivity index (χ0) is 21.9. The smallest absolute Gasteiger partial charge is 0.341 e. The second-order valence-electron chi connectivity index (χ2n) is 8.63. The molecule has 1 aliphatic carbocycles. The Balaban J connectivity index is 1.92. The number of nitrogens with two attached hydrogens (primary N) is 1. The number of pyridine rings is 1. The molecule has 1 saturated heterocycles. The maximum Gasteiger partial charge on any atom is 0.341 e. The van der Waals surface area contributed by atoms with Crippen molar-refractivity contribution < 1.29 is 18.7 Å². The minimum atomic E-state index is -1.44. The van der Waals surface area contributed by atoms with Gasteiger partial charge < -0.3 is 25.2 Å². The van der Waals surface area contributed by atoms with Crippen LogP contribution in [0.1, 0.15) is 42.6 Å². The van der Waals surface area contributed by atoms with Crippen LogP contribution in [0.5, 0.6) is 0 Å². The molecule has 162 valence electrons. The molecule has 1 aromatic carbocycles. The highest BCUT2D eigenvalue weighted by atomic mass is 19.1. The molecule has 2 fully saturated rings. The van der Waals surface area contributed by atoms with E-state index >= 15 is 8.78 Å². The van der Waals surface area contributed by atoms with Crippen LogP contribution in [0.3, 0.4) is 0 Å². The number of nitrogens with zero attached hydrogens (tertiary/aromatic N) is 3. The van der Waals surface area contributed by atoms with E-state index in [9.17, 15) is 14.7 Å². The molecule has 2 atom stereocenters. The van der Waals surface area contributed by atoms with Crippen molar-refractivity contribution in [2.75, 3.05) is 37.8 Å². The molecule has 3 N–H and O–H groups in total. The number of aromatic carboxylic acids is 1. The number of nitrogen functional groups attached to an aromatic ring is 1. The van der Waals surface area contributed by atoms with Crippen molar-refractivity contribution in [1.29, 1.82) is 0 Å². The van der Waals surface area contributed by atoms with Crippen LogP contribution in [-0.4, -0.2) is 53.8 Å². The van der Waals surface area contributed by atoms with Gasteiger partial charge in [0.1, 0.15) is 11.3 Å². The number of carbonyl (C=O) groups is 1. The maximum absolute atomic E-state index is 15.8. The Labute approximate surface area is 172 Å². The van der Waals surface area contributed by atoms with E-state index in [0.717, 1.165) is 25.5 Å². The predicted molar refractivity (Wildman–Crippen MR) is 111 cm³/mol. The lowest BCUT2D eigenvalue weighted by Crippen LogP contribution is -2.34. The van der Waals surface area contributed by atoms with Gasteiger partial charge in [0, 0.05) is 31.4 Å². The van der Waals surface area contributed by atoms with Crippen molar-refractivity contribution in [3.8, 4) is 0 Å². The topological polar surface area (TPSA) is 91.8 Å². The van der Waals surface area contributed by atoms with Crippen LogP contribution >= 0.6 is 0 Å². The van der Waals surface area contributed by atoms with E-state index in [-0.39, 0.29) is 29.2 Å². The van der Waals surface area contributed by atoms with Crippen LogP contribution in [0.25, 0.3) is 10.9 Å². The monoisotopic (exact) mass is 420 g/mol. The van der Waals surface area contributed by atoms with E-state index in [1.165, 1.54) is 4.57 Å². The fourth-order valence-corrected chi connectivity index (χ4v) is 4.43. The van der Waals surface area contributed by atoms with Gasteiger partial charge in [-0.15, -0.1) is 0 Å². The fourth-order valence-electron chi connectivity index (χ4n) is 4.43. The lowest BCUT2D eigenvalue weighted by atomic mass is 10.00. The van der Waals surface area contributed by atoms with E-state index in [4.69, 9.17) is 5.73 Å². The third-order valence-electron chi connectivity index (χ3n) is 6.57. The van der Waals surface area contributed by atoms with Gasteiger partial charge >= 0.3 is 5.97 Å². The summed E-state index contributed by atoms with van der Waals surface area (Å²) in [5, 5.41) is 8.99. The Morgan fingerprint density at radius 1 is 1.27 bits per heavy atom. The molecule has 30 heavy (non-hydrogen) atoms. The molecule has 1 saturated carbocycles. The van der Waals surface area contributed by atoms with Gasteiger partial charge in [0.15, 0.2) is 11.6 Å². The highest BCUT2D eigenvalue weighted by Crippen LogP contribution is 2.42. The van der Waals surface area contributed by atoms with Crippen LogP contribution in [0.2, 0.25) is 0 Å². The van der Waals surface area contributed by atoms with Crippen molar-refractivity contribution in [3.05, 3.63) is 33.6 Å². The predicted octanol–water partition coefficient (Wildman–Crippen LogP) is 2.67. The molecule has 1 aromatic heterocycles. The van der Waals surface area contributed by atoms with Crippen molar-refractivity contribution in [2.45, 2.75) is 38.3 Å². The summed E-state index contributed by atoms with van der Waals surface area (Å²) in [6.45, 7) is 3.02. The van der Waals surface area contributed by atoms with Gasteiger partial charge in [-0.3, -0.25) is 4.79 Å². The largest absolute Gasteiger partial charge is 0.477 e. The van der Waals surface area contributed by atoms with E-state index in [1.807, 2.05) is 14.1 Å². The van der Waals surface area contributed by atoms with E-state index < -0.39 is 39.7 Å². The number of benzene rings is 1. The van der Waals surface area contributed by atoms with Gasteiger partial charge in [-0.05, 0) is 46.2 Å². The summed E-state index contributed by atoms with van der Waals surface area (Å²) in [5.74, 6) is -3.06. The SMILES string of the molecule is CC(C1CCN(c2c(F)c(N)c3c(=O)c(C(=O)O)cn(C4CC4)c3c2F)C1)N(C)C. The first kappa shape index (κ1) is 20.6. The third kappa shape index (κ3) is 3.12. The minimum Gasteiger partial charge on any atom is -0.477 e. The van der Waals surface area contributed by atoms with Crippen LogP contribution in [-0.2, 0) is 0 Å². The molecule has 0 amide bonds. The van der Waals surface area contributed by atoms with Gasteiger partial charge in [0.05, 0.1) is 16.6 Å². The number of rotatable bonds is 5. The molecular formula is C21H26F2N4O3. The van der Waals surface area contributed by atoms with Crippen LogP contribution < -0.4 is 16.1 Å². The Morgan fingerprint density at radius 3 is 2.50 bits per heavy atom. The molecule has 0 radical (unpaired) electrons. The third-order valence-corrected chi connectivity index (χ3v) is 6.57. The van der Waals surface area contributed by atoms with E-state index in [2.05, 4.69) is 11.8 Å². The van der Waals surface area contributed by atoms with Crippen LogP contribution in [0, 0.1) is 17.6 Å². The molecule has 9 heteroatoms. The molecule has 7 nitrogen and oxygen atoms in total. The number of aromatic nitrogens is 1. The van der Waals surface area contributed by atoms with Gasteiger partial charge in [-0.25, -0.2) is 13.6 Å². The Bertz CT molecular complexity index is 1090. The van der Waals surface area contributed by atoms with Crippen molar-refractivity contribution in [3.63, 3.8) is 0 Å². The van der Waals surface area contributed by atoms with Gasteiger partial charge in [-0.1, -0.05) is 0 Å². The second-order valence-corrected chi connectivity index (χ2v) is 8.63. The first-order valence-electron chi connectivity index (χ1n) is 10.1. The first-order valence-corrected chi connectivity index (χ1v) is 10.1. The van der Waals surface area contributed by atoms with Crippen LogP contribution in [0.15, 0.2) is 11.0 Å². The summed E-state index contributed by atoms with van der Waals surface area (Å²) in [7, 11) is 3.94. The zero-order valence-electron chi connectivity index (χ0n) is 17.3. The molecule has 2 unspecified atom stereocenters. The minimum absolute atomic E-state index is 0.106. The number of fused-ring (bicyclic) bond motifs is 1. The molecule has 2 aliphatic rings. The standard InChI is InChI=1S/C21H26F2N4O3/c1-10(25(2)3)11-6-7-26(8-11)19-15(22)17(24)14-18(16(19)23)27(12-4-5-12)9-13(20(14)28)21(29)30/h9-12H,4-8,24H2,1-3H3,(H,29,30). The van der Waals surface area contributed by atoms with E-state index in [1.54, 1.807) is 4.90 Å². The summed E-state index contributed by atoms with van der Waals surface area (Å²) in [6.07, 6.45) is 3.41. The van der Waals surface area contributed by atoms with Crippen molar-refractivity contribution >= 4 is 28.2 Å². The Hall–Kier alpha value is -2.68. The molecule has 2 heterocycles. The number of halogens is 2. The zero-order valence-corrected chi connectivity index (χ0v) is 17.3. The number of hydrogen-bond acceptors (Lipinski definition) is 5. The fraction of sp³-hybridized carbons (Fsp3) is 0.524. The van der Waals surface area contributed by atoms with Crippen molar-refractivity contribution in [2.24, 2.45) is 5.92 Å². The van der Waals surface area contributed by atoms with Crippen molar-refractivity contribution in [1.82, 2.24) is 9.47 Å². The van der Waals surface area contributed by atoms with Crippen LogP contribution in [0.4, 0.5) is 20.2 Å². The summed E-state index contributed by atoms with van der Waals surface area (Å²) in [6, 6.07) is 0.111. The lowest BCUT2D eigenvalue weighted by Gasteiger charge is -2.27. The molecule has 0 bridgehead atoms. The van der Waals surface area contributed by atoms with Gasteiger partial charge in [0.2, 0.25) is 5.43 Å². The molecule has 2 aromatic rings. The maximum atomic E-state index is 15.8. The highest BCUT2D eigenvalue weighted by molar-refractivity contribution is 5.99. The second kappa shape index (κ2) is 7.23. The number of carboxylic acids is 1. The summed E-state index contributed by atoms with van der Waals surface area (Å²) in [4.78, 5) is 28.0. The van der Waals surface area contributed by atoms with Gasteiger partial charge in [-0.2, -0.15) is 0 Å². The molecule has 4 rings (SSSR count). The molecule has 1 aliphatic heterocycles. The summed E-state index contributed by atoms with van der Waals surface area (Å²) in [5.41, 5.74) is 3.65. The number of anilines is 2. The quantitative estimate of drug-likeness (QED) is 0.723. The number of hydrogen-bond donors (Lipinski definition) is 2. The van der Waals surface area contributed by atoms with E-state index in [0.29, 0.717) is 13.1 Å². The Kier molecular flexibility index (Phi) is 4.96. The first-order chi connectivity index (χ1) is 14.1. The average Bonchev–Trinajstić information content (AvgIpc) is 3.42. The number of carboxylic acid groups (broad SMARTS) is 1. The molecule has 0 spiro atoms. The highest BCUT2D eigenvalue weighted by Gasteiger charge is 2.36. The Morgan fingerprint density at radius 2 is 1.93 bits per heavy atom.